The average Bonchev–Trinajstić information content (AvgIpc) is 2.16. The van der Waals surface area contributed by atoms with E-state index in [2.05, 4.69) is 19.2 Å². The molecule has 16 heavy (non-hydrogen) atoms. The zero-order valence-electron chi connectivity index (χ0n) is 10.2. The molecule has 0 saturated heterocycles. The molecule has 4 nitrogen and oxygen atoms in total. The van der Waals surface area contributed by atoms with Gasteiger partial charge in [-0.1, -0.05) is 26.0 Å². The molecule has 1 atom stereocenters. The Morgan fingerprint density at radius 1 is 1.31 bits per heavy atom. The summed E-state index contributed by atoms with van der Waals surface area (Å²) in [5.41, 5.74) is 1.84. The largest absolute Gasteiger partial charge is 0.308 e. The maximum Gasteiger partial charge on any atom is 0.272 e. The van der Waals surface area contributed by atoms with Crippen LogP contribution >= 0.6 is 0 Å². The van der Waals surface area contributed by atoms with Crippen LogP contribution in [0, 0.1) is 17.0 Å². The average molecular weight is 222 g/mol. The molecule has 1 rings (SSSR count). The molecular formula is C12H18N2O2. The third kappa shape index (κ3) is 3.03. The van der Waals surface area contributed by atoms with Gasteiger partial charge in [0, 0.05) is 23.7 Å². The van der Waals surface area contributed by atoms with Crippen LogP contribution in [0.3, 0.4) is 0 Å². The summed E-state index contributed by atoms with van der Waals surface area (Å²) in [5.74, 6) is 0. The van der Waals surface area contributed by atoms with E-state index >= 15 is 0 Å². The predicted octanol–water partition coefficient (Wildman–Crippen LogP) is 2.96. The van der Waals surface area contributed by atoms with Gasteiger partial charge < -0.3 is 5.32 Å². The van der Waals surface area contributed by atoms with Crippen molar-refractivity contribution in [3.63, 3.8) is 0 Å². The van der Waals surface area contributed by atoms with Gasteiger partial charge in [0.2, 0.25) is 0 Å². The van der Waals surface area contributed by atoms with E-state index in [1.165, 1.54) is 0 Å². The standard InChI is InChI=1S/C12H18N2O2/c1-8(2)13-10(4)11-6-5-9(3)12(7-11)14(15)16/h5-8,10,13H,1-4H3. The molecule has 1 N–H and O–H groups in total. The summed E-state index contributed by atoms with van der Waals surface area (Å²) in [6.45, 7) is 7.87. The summed E-state index contributed by atoms with van der Waals surface area (Å²) in [5, 5.41) is 14.1. The lowest BCUT2D eigenvalue weighted by molar-refractivity contribution is -0.385. The molecule has 0 fully saturated rings. The van der Waals surface area contributed by atoms with E-state index in [9.17, 15) is 10.1 Å². The fraction of sp³-hybridized carbons (Fsp3) is 0.500. The molecule has 88 valence electrons. The van der Waals surface area contributed by atoms with Crippen LogP contribution in [0.2, 0.25) is 0 Å². The number of rotatable bonds is 4. The molecule has 0 bridgehead atoms. The molecule has 1 aromatic rings. The Morgan fingerprint density at radius 3 is 2.44 bits per heavy atom. The van der Waals surface area contributed by atoms with Crippen LogP contribution in [0.5, 0.6) is 0 Å². The highest BCUT2D eigenvalue weighted by Crippen LogP contribution is 2.23. The number of aryl methyl sites for hydroxylation is 1. The molecule has 0 spiro atoms. The van der Waals surface area contributed by atoms with Crippen LogP contribution in [0.25, 0.3) is 0 Å². The number of nitro groups is 1. The molecule has 0 aliphatic heterocycles. The minimum absolute atomic E-state index is 0.124. The SMILES string of the molecule is Cc1ccc(C(C)NC(C)C)cc1[N+](=O)[O-]. The van der Waals surface area contributed by atoms with Gasteiger partial charge in [-0.25, -0.2) is 0 Å². The first kappa shape index (κ1) is 12.6. The molecule has 0 radical (unpaired) electrons. The molecule has 4 heteroatoms. The number of hydrogen-bond acceptors (Lipinski definition) is 3. The molecule has 0 aromatic heterocycles. The van der Waals surface area contributed by atoms with Gasteiger partial charge in [0.15, 0.2) is 0 Å². The van der Waals surface area contributed by atoms with Crippen LogP contribution in [0.1, 0.15) is 37.9 Å². The fourth-order valence-electron chi connectivity index (χ4n) is 1.69. The van der Waals surface area contributed by atoms with Gasteiger partial charge in [-0.15, -0.1) is 0 Å². The summed E-state index contributed by atoms with van der Waals surface area (Å²) in [4.78, 5) is 10.5. The van der Waals surface area contributed by atoms with Gasteiger partial charge in [-0.2, -0.15) is 0 Å². The smallest absolute Gasteiger partial charge is 0.272 e. The van der Waals surface area contributed by atoms with E-state index in [0.29, 0.717) is 11.6 Å². The van der Waals surface area contributed by atoms with Gasteiger partial charge in [0.25, 0.3) is 5.69 Å². The van der Waals surface area contributed by atoms with E-state index < -0.39 is 0 Å². The molecule has 0 aliphatic carbocycles. The first-order valence-electron chi connectivity index (χ1n) is 5.42. The van der Waals surface area contributed by atoms with Crippen LogP contribution in [0.15, 0.2) is 18.2 Å². The summed E-state index contributed by atoms with van der Waals surface area (Å²) in [6.07, 6.45) is 0. The minimum Gasteiger partial charge on any atom is -0.308 e. The molecule has 0 amide bonds. The van der Waals surface area contributed by atoms with Gasteiger partial charge in [-0.3, -0.25) is 10.1 Å². The maximum atomic E-state index is 10.8. The molecule has 1 aromatic carbocycles. The quantitative estimate of drug-likeness (QED) is 0.629. The van der Waals surface area contributed by atoms with E-state index in [1.54, 1.807) is 19.1 Å². The summed E-state index contributed by atoms with van der Waals surface area (Å²) >= 11 is 0. The number of hydrogen-bond donors (Lipinski definition) is 1. The highest BCUT2D eigenvalue weighted by atomic mass is 16.6. The Kier molecular flexibility index (Phi) is 4.01. The van der Waals surface area contributed by atoms with Crippen molar-refractivity contribution in [2.45, 2.75) is 39.8 Å². The van der Waals surface area contributed by atoms with Crippen LogP contribution < -0.4 is 5.32 Å². The highest BCUT2D eigenvalue weighted by Gasteiger charge is 2.14. The van der Waals surface area contributed by atoms with Gasteiger partial charge in [0.05, 0.1) is 4.92 Å². The second kappa shape index (κ2) is 5.07. The minimum atomic E-state index is -0.332. The first-order valence-corrected chi connectivity index (χ1v) is 5.42. The Hall–Kier alpha value is -1.42. The van der Waals surface area contributed by atoms with Gasteiger partial charge in [-0.05, 0) is 19.4 Å². The van der Waals surface area contributed by atoms with Crippen molar-refractivity contribution in [1.82, 2.24) is 5.32 Å². The lowest BCUT2D eigenvalue weighted by atomic mass is 10.0. The van der Waals surface area contributed by atoms with Crippen LogP contribution in [0.4, 0.5) is 5.69 Å². The van der Waals surface area contributed by atoms with Gasteiger partial charge >= 0.3 is 0 Å². The van der Waals surface area contributed by atoms with Crippen molar-refractivity contribution in [1.29, 1.82) is 0 Å². The number of nitrogens with one attached hydrogen (secondary N) is 1. The zero-order valence-corrected chi connectivity index (χ0v) is 10.2. The van der Waals surface area contributed by atoms with Crippen molar-refractivity contribution in [3.8, 4) is 0 Å². The second-order valence-corrected chi connectivity index (χ2v) is 4.35. The Balaban J connectivity index is 2.98. The molecule has 0 heterocycles. The van der Waals surface area contributed by atoms with Crippen molar-refractivity contribution in [2.24, 2.45) is 0 Å². The zero-order chi connectivity index (χ0) is 12.3. The fourth-order valence-corrected chi connectivity index (χ4v) is 1.69. The van der Waals surface area contributed by atoms with Gasteiger partial charge in [0.1, 0.15) is 0 Å². The normalized spacial score (nSPS) is 12.8. The summed E-state index contributed by atoms with van der Waals surface area (Å²) in [6, 6.07) is 5.86. The van der Waals surface area contributed by atoms with Crippen molar-refractivity contribution >= 4 is 5.69 Å². The molecule has 0 aliphatic rings. The first-order chi connectivity index (χ1) is 7.41. The third-order valence-electron chi connectivity index (χ3n) is 2.51. The Morgan fingerprint density at radius 2 is 1.94 bits per heavy atom. The third-order valence-corrected chi connectivity index (χ3v) is 2.51. The van der Waals surface area contributed by atoms with Crippen molar-refractivity contribution in [2.75, 3.05) is 0 Å². The molecule has 0 saturated carbocycles. The number of nitro benzene ring substituents is 1. The predicted molar refractivity (Wildman–Crippen MR) is 64.5 cm³/mol. The van der Waals surface area contributed by atoms with E-state index in [0.717, 1.165) is 5.56 Å². The lowest BCUT2D eigenvalue weighted by Gasteiger charge is -2.17. The number of nitrogens with zero attached hydrogens (tertiary/aromatic N) is 1. The van der Waals surface area contributed by atoms with Crippen LogP contribution in [-0.2, 0) is 0 Å². The van der Waals surface area contributed by atoms with Crippen LogP contribution in [-0.4, -0.2) is 11.0 Å². The second-order valence-electron chi connectivity index (χ2n) is 4.35. The monoisotopic (exact) mass is 222 g/mol. The van der Waals surface area contributed by atoms with Crippen molar-refractivity contribution in [3.05, 3.63) is 39.4 Å². The number of benzene rings is 1. The van der Waals surface area contributed by atoms with E-state index in [4.69, 9.17) is 0 Å². The maximum absolute atomic E-state index is 10.8. The lowest BCUT2D eigenvalue weighted by Crippen LogP contribution is -2.26. The topological polar surface area (TPSA) is 55.2 Å². The highest BCUT2D eigenvalue weighted by molar-refractivity contribution is 5.43. The van der Waals surface area contributed by atoms with E-state index in [-0.39, 0.29) is 16.7 Å². The van der Waals surface area contributed by atoms with E-state index in [1.807, 2.05) is 13.0 Å². The molecule has 1 unspecified atom stereocenters. The van der Waals surface area contributed by atoms with Crippen molar-refractivity contribution < 1.29 is 4.92 Å². The summed E-state index contributed by atoms with van der Waals surface area (Å²) < 4.78 is 0. The Bertz CT molecular complexity index is 389. The Labute approximate surface area is 95.8 Å². The molecular weight excluding hydrogens is 204 g/mol. The summed E-state index contributed by atoms with van der Waals surface area (Å²) in [7, 11) is 0.